The summed E-state index contributed by atoms with van der Waals surface area (Å²) in [6.45, 7) is 0. The molecular formula is C20H11Cl2NO3S2. The number of fused-ring (bicyclic) bond motifs is 1. The highest BCUT2D eigenvalue weighted by molar-refractivity contribution is 7.17. The standard InChI is InChI=1S/C20H11Cl2NO3S2/c21-10-5-6-12(14(22)7-10)18-17(20(25)26)15(9-28-18)23-19(24)13-8-27-16-4-2-1-3-11(13)16/h1-9H,(H,23,24)(H,25,26). The molecule has 0 unspecified atom stereocenters. The predicted molar refractivity (Wildman–Crippen MR) is 117 cm³/mol. The summed E-state index contributed by atoms with van der Waals surface area (Å²) in [6, 6.07) is 12.4. The number of hydrogen-bond acceptors (Lipinski definition) is 4. The molecule has 4 aromatic rings. The number of carbonyl (C=O) groups excluding carboxylic acids is 1. The Balaban J connectivity index is 1.73. The number of carboxylic acid groups (broad SMARTS) is 1. The number of amides is 1. The summed E-state index contributed by atoms with van der Waals surface area (Å²) in [5, 5.41) is 17.5. The number of carbonyl (C=O) groups is 2. The minimum Gasteiger partial charge on any atom is -0.478 e. The summed E-state index contributed by atoms with van der Waals surface area (Å²) in [6.07, 6.45) is 0. The van der Waals surface area contributed by atoms with E-state index in [9.17, 15) is 14.7 Å². The number of hydrogen-bond donors (Lipinski definition) is 2. The number of thiophene rings is 2. The maximum atomic E-state index is 12.8. The van der Waals surface area contributed by atoms with E-state index in [1.54, 1.807) is 29.0 Å². The van der Waals surface area contributed by atoms with Crippen molar-refractivity contribution in [2.24, 2.45) is 0 Å². The third kappa shape index (κ3) is 3.40. The Kier molecular flexibility index (Phi) is 5.12. The molecule has 4 rings (SSSR count). The first-order valence-electron chi connectivity index (χ1n) is 8.03. The molecule has 0 atom stereocenters. The van der Waals surface area contributed by atoms with Gasteiger partial charge in [0.25, 0.3) is 5.91 Å². The molecule has 2 heterocycles. The van der Waals surface area contributed by atoms with E-state index in [0.29, 0.717) is 26.0 Å². The number of rotatable bonds is 4. The van der Waals surface area contributed by atoms with Gasteiger partial charge in [0, 0.05) is 31.4 Å². The number of aromatic carboxylic acids is 1. The maximum absolute atomic E-state index is 12.8. The molecular weight excluding hydrogens is 437 g/mol. The van der Waals surface area contributed by atoms with Crippen molar-refractivity contribution >= 4 is 73.5 Å². The Morgan fingerprint density at radius 2 is 1.79 bits per heavy atom. The Hall–Kier alpha value is -2.38. The average Bonchev–Trinajstić information content (AvgIpc) is 3.26. The summed E-state index contributed by atoms with van der Waals surface area (Å²) in [7, 11) is 0. The van der Waals surface area contributed by atoms with Crippen molar-refractivity contribution in [1.82, 2.24) is 0 Å². The van der Waals surface area contributed by atoms with Crippen molar-refractivity contribution in [3.8, 4) is 10.4 Å². The van der Waals surface area contributed by atoms with Crippen molar-refractivity contribution in [3.05, 3.63) is 74.4 Å². The molecule has 2 N–H and O–H groups in total. The van der Waals surface area contributed by atoms with Gasteiger partial charge in [-0.15, -0.1) is 22.7 Å². The summed E-state index contributed by atoms with van der Waals surface area (Å²) in [5.41, 5.74) is 1.30. The third-order valence-electron chi connectivity index (χ3n) is 4.15. The molecule has 0 aliphatic rings. The molecule has 2 aromatic carbocycles. The van der Waals surface area contributed by atoms with E-state index in [4.69, 9.17) is 23.2 Å². The monoisotopic (exact) mass is 447 g/mol. The lowest BCUT2D eigenvalue weighted by molar-refractivity contribution is 0.0699. The fourth-order valence-electron chi connectivity index (χ4n) is 2.88. The van der Waals surface area contributed by atoms with Gasteiger partial charge in [-0.3, -0.25) is 4.79 Å². The normalized spacial score (nSPS) is 10.9. The van der Waals surface area contributed by atoms with Crippen LogP contribution in [0.3, 0.4) is 0 Å². The fraction of sp³-hybridized carbons (Fsp3) is 0. The molecule has 0 saturated carbocycles. The first-order valence-corrected chi connectivity index (χ1v) is 10.5. The topological polar surface area (TPSA) is 66.4 Å². The van der Waals surface area contributed by atoms with Gasteiger partial charge >= 0.3 is 5.97 Å². The molecule has 0 aliphatic heterocycles. The zero-order valence-corrected chi connectivity index (χ0v) is 17.2. The summed E-state index contributed by atoms with van der Waals surface area (Å²) >= 11 is 14.8. The molecule has 140 valence electrons. The van der Waals surface area contributed by atoms with E-state index < -0.39 is 5.97 Å². The highest BCUT2D eigenvalue weighted by Crippen LogP contribution is 2.40. The quantitative estimate of drug-likeness (QED) is 0.357. The lowest BCUT2D eigenvalue weighted by atomic mass is 10.1. The fourth-order valence-corrected chi connectivity index (χ4v) is 5.41. The minimum atomic E-state index is -1.15. The van der Waals surface area contributed by atoms with Gasteiger partial charge in [-0.25, -0.2) is 4.79 Å². The van der Waals surface area contributed by atoms with Crippen LogP contribution in [-0.2, 0) is 0 Å². The van der Waals surface area contributed by atoms with Crippen molar-refractivity contribution in [3.63, 3.8) is 0 Å². The number of halogens is 2. The summed E-state index contributed by atoms with van der Waals surface area (Å²) in [4.78, 5) is 25.2. The number of anilines is 1. The highest BCUT2D eigenvalue weighted by Gasteiger charge is 2.23. The van der Waals surface area contributed by atoms with Gasteiger partial charge in [0.15, 0.2) is 0 Å². The van der Waals surface area contributed by atoms with Gasteiger partial charge in [-0.2, -0.15) is 0 Å². The molecule has 28 heavy (non-hydrogen) atoms. The molecule has 8 heteroatoms. The lowest BCUT2D eigenvalue weighted by Crippen LogP contribution is -2.13. The Bertz CT molecular complexity index is 1230. The van der Waals surface area contributed by atoms with Gasteiger partial charge in [-0.1, -0.05) is 47.5 Å². The van der Waals surface area contributed by atoms with E-state index in [1.807, 2.05) is 24.3 Å². The van der Waals surface area contributed by atoms with Gasteiger partial charge < -0.3 is 10.4 Å². The smallest absolute Gasteiger partial charge is 0.339 e. The molecule has 0 aliphatic carbocycles. The largest absolute Gasteiger partial charge is 0.478 e. The van der Waals surface area contributed by atoms with E-state index >= 15 is 0 Å². The predicted octanol–water partition coefficient (Wildman–Crippen LogP) is 6.89. The third-order valence-corrected chi connectivity index (χ3v) is 6.68. The van der Waals surface area contributed by atoms with Gasteiger partial charge in [0.1, 0.15) is 5.56 Å². The van der Waals surface area contributed by atoms with Crippen LogP contribution in [0.15, 0.2) is 53.2 Å². The highest BCUT2D eigenvalue weighted by atomic mass is 35.5. The van der Waals surface area contributed by atoms with Crippen LogP contribution in [0.2, 0.25) is 10.0 Å². The van der Waals surface area contributed by atoms with Crippen LogP contribution in [0.25, 0.3) is 20.5 Å². The molecule has 0 saturated heterocycles. The van der Waals surface area contributed by atoms with Crippen LogP contribution < -0.4 is 5.32 Å². The molecule has 0 spiro atoms. The zero-order valence-electron chi connectivity index (χ0n) is 14.0. The van der Waals surface area contributed by atoms with Crippen LogP contribution in [0.4, 0.5) is 5.69 Å². The Labute approximate surface area is 178 Å². The second-order valence-electron chi connectivity index (χ2n) is 5.88. The molecule has 0 fully saturated rings. The lowest BCUT2D eigenvalue weighted by Gasteiger charge is -2.07. The van der Waals surface area contributed by atoms with Crippen LogP contribution >= 0.6 is 45.9 Å². The maximum Gasteiger partial charge on any atom is 0.339 e. The SMILES string of the molecule is O=C(O)c1c(NC(=O)c2csc3ccccc23)csc1-c1ccc(Cl)cc1Cl. The van der Waals surface area contributed by atoms with Crippen molar-refractivity contribution in [1.29, 1.82) is 0 Å². The zero-order chi connectivity index (χ0) is 19.8. The van der Waals surface area contributed by atoms with Crippen LogP contribution in [-0.4, -0.2) is 17.0 Å². The van der Waals surface area contributed by atoms with Crippen LogP contribution in [0, 0.1) is 0 Å². The Morgan fingerprint density at radius 3 is 2.54 bits per heavy atom. The van der Waals surface area contributed by atoms with Gasteiger partial charge in [0.05, 0.1) is 21.2 Å². The van der Waals surface area contributed by atoms with Crippen LogP contribution in [0.1, 0.15) is 20.7 Å². The van der Waals surface area contributed by atoms with E-state index in [0.717, 1.165) is 10.1 Å². The summed E-state index contributed by atoms with van der Waals surface area (Å²) < 4.78 is 0.991. The molecule has 0 radical (unpaired) electrons. The molecule has 1 amide bonds. The number of benzene rings is 2. The molecule has 2 aromatic heterocycles. The molecule has 0 bridgehead atoms. The molecule has 4 nitrogen and oxygen atoms in total. The van der Waals surface area contributed by atoms with E-state index in [2.05, 4.69) is 5.32 Å². The van der Waals surface area contributed by atoms with Gasteiger partial charge in [0.2, 0.25) is 0 Å². The second-order valence-corrected chi connectivity index (χ2v) is 8.52. The number of nitrogens with one attached hydrogen (secondary N) is 1. The van der Waals surface area contributed by atoms with E-state index in [-0.39, 0.29) is 17.2 Å². The summed E-state index contributed by atoms with van der Waals surface area (Å²) in [5.74, 6) is -1.50. The van der Waals surface area contributed by atoms with Gasteiger partial charge in [-0.05, 0) is 18.2 Å². The van der Waals surface area contributed by atoms with Crippen molar-refractivity contribution in [2.75, 3.05) is 5.32 Å². The first-order chi connectivity index (χ1) is 13.5. The Morgan fingerprint density at radius 1 is 1.00 bits per heavy atom. The van der Waals surface area contributed by atoms with Crippen molar-refractivity contribution < 1.29 is 14.7 Å². The van der Waals surface area contributed by atoms with E-state index in [1.165, 1.54) is 22.7 Å². The second kappa shape index (κ2) is 7.56. The number of carboxylic acids is 1. The minimum absolute atomic E-state index is 0.00195. The van der Waals surface area contributed by atoms with Crippen molar-refractivity contribution in [2.45, 2.75) is 0 Å². The average molecular weight is 448 g/mol. The van der Waals surface area contributed by atoms with Crippen LogP contribution in [0.5, 0.6) is 0 Å². The first kappa shape index (κ1) is 19.0.